The number of nitrogens with zero attached hydrogens (tertiary/aromatic N) is 3. The van der Waals surface area contributed by atoms with Gasteiger partial charge in [0.1, 0.15) is 5.82 Å². The van der Waals surface area contributed by atoms with E-state index in [-0.39, 0.29) is 17.1 Å². The number of rotatable bonds is 6. The fourth-order valence-electron chi connectivity index (χ4n) is 2.62. The lowest BCUT2D eigenvalue weighted by Crippen LogP contribution is -2.22. The normalized spacial score (nSPS) is 11.7. The minimum atomic E-state index is -0.374. The quantitative estimate of drug-likeness (QED) is 0.622. The third-order valence-corrected chi connectivity index (χ3v) is 4.96. The Hall–Kier alpha value is -3.13. The number of hydrogen-bond donors (Lipinski definition) is 2. The van der Waals surface area contributed by atoms with Crippen molar-refractivity contribution in [1.29, 1.82) is 0 Å². The average Bonchev–Trinajstić information content (AvgIpc) is 3.02. The molecule has 0 aliphatic rings. The van der Waals surface area contributed by atoms with Crippen molar-refractivity contribution in [2.75, 3.05) is 10.6 Å². The Morgan fingerprint density at radius 3 is 2.43 bits per heavy atom. The van der Waals surface area contributed by atoms with Crippen LogP contribution in [0.15, 0.2) is 59.8 Å². The highest BCUT2D eigenvalue weighted by atomic mass is 32.2. The van der Waals surface area contributed by atoms with Gasteiger partial charge in [0.05, 0.1) is 10.9 Å². The summed E-state index contributed by atoms with van der Waals surface area (Å²) in [6.45, 7) is 5.13. The van der Waals surface area contributed by atoms with Crippen LogP contribution in [0.1, 0.15) is 19.7 Å². The highest BCUT2D eigenvalue weighted by molar-refractivity contribution is 8.00. The summed E-state index contributed by atoms with van der Waals surface area (Å²) in [5, 5.41) is 14.3. The van der Waals surface area contributed by atoms with Gasteiger partial charge in [-0.2, -0.15) is 0 Å². The van der Waals surface area contributed by atoms with Crippen molar-refractivity contribution in [2.24, 2.45) is 0 Å². The standard InChI is InChI=1S/C20H21N5O2S/c1-13(19(27)22-16-8-5-4-6-9-16)28-20-24-23-14(2)25(20)18-11-7-10-17(12-18)21-15(3)26/h4-13H,1-3H3,(H,21,26)(H,22,27)/t13-/m1/s1. The number of carbonyl (C=O) groups is 2. The van der Waals surface area contributed by atoms with Crippen LogP contribution in [0, 0.1) is 6.92 Å². The predicted molar refractivity (Wildman–Crippen MR) is 111 cm³/mol. The van der Waals surface area contributed by atoms with Gasteiger partial charge in [-0.25, -0.2) is 0 Å². The van der Waals surface area contributed by atoms with E-state index < -0.39 is 0 Å². The minimum absolute atomic E-state index is 0.115. The van der Waals surface area contributed by atoms with Crippen LogP contribution in [-0.4, -0.2) is 31.8 Å². The molecule has 1 atom stereocenters. The van der Waals surface area contributed by atoms with Crippen LogP contribution in [0.2, 0.25) is 0 Å². The number of carbonyl (C=O) groups excluding carboxylic acids is 2. The molecule has 0 fully saturated rings. The first kappa shape index (κ1) is 19.6. The average molecular weight is 395 g/mol. The number of amides is 2. The lowest BCUT2D eigenvalue weighted by Gasteiger charge is -2.14. The van der Waals surface area contributed by atoms with Crippen LogP contribution in [0.4, 0.5) is 11.4 Å². The number of benzene rings is 2. The maximum Gasteiger partial charge on any atom is 0.237 e. The third kappa shape index (κ3) is 4.77. The van der Waals surface area contributed by atoms with E-state index in [4.69, 9.17) is 0 Å². The van der Waals surface area contributed by atoms with Crippen LogP contribution in [0.25, 0.3) is 5.69 Å². The highest BCUT2D eigenvalue weighted by Gasteiger charge is 2.20. The lowest BCUT2D eigenvalue weighted by molar-refractivity contribution is -0.115. The van der Waals surface area contributed by atoms with Crippen LogP contribution >= 0.6 is 11.8 Å². The summed E-state index contributed by atoms with van der Waals surface area (Å²) >= 11 is 1.32. The van der Waals surface area contributed by atoms with Crippen LogP contribution < -0.4 is 10.6 Å². The first-order valence-corrected chi connectivity index (χ1v) is 9.64. The van der Waals surface area contributed by atoms with Crippen molar-refractivity contribution in [3.05, 3.63) is 60.4 Å². The number of aromatic nitrogens is 3. The molecule has 0 bridgehead atoms. The molecule has 144 valence electrons. The van der Waals surface area contributed by atoms with Crippen LogP contribution in [0.5, 0.6) is 0 Å². The zero-order valence-corrected chi connectivity index (χ0v) is 16.7. The summed E-state index contributed by atoms with van der Waals surface area (Å²) in [5.41, 5.74) is 2.25. The van der Waals surface area contributed by atoms with Gasteiger partial charge in [-0.1, -0.05) is 36.0 Å². The Morgan fingerprint density at radius 1 is 1.00 bits per heavy atom. The molecule has 2 N–H and O–H groups in total. The van der Waals surface area contributed by atoms with E-state index in [0.717, 1.165) is 11.4 Å². The van der Waals surface area contributed by atoms with Crippen molar-refractivity contribution >= 4 is 35.0 Å². The molecule has 3 aromatic rings. The first-order valence-electron chi connectivity index (χ1n) is 8.76. The molecule has 0 radical (unpaired) electrons. The largest absolute Gasteiger partial charge is 0.326 e. The zero-order chi connectivity index (χ0) is 20.1. The molecule has 1 heterocycles. The second-order valence-electron chi connectivity index (χ2n) is 6.21. The van der Waals surface area contributed by atoms with E-state index in [9.17, 15) is 9.59 Å². The number of aryl methyl sites for hydroxylation is 1. The number of para-hydroxylation sites is 1. The van der Waals surface area contributed by atoms with Gasteiger partial charge in [0.25, 0.3) is 0 Å². The van der Waals surface area contributed by atoms with Gasteiger partial charge >= 0.3 is 0 Å². The van der Waals surface area contributed by atoms with E-state index in [1.165, 1.54) is 18.7 Å². The molecular weight excluding hydrogens is 374 g/mol. The summed E-state index contributed by atoms with van der Waals surface area (Å²) in [4.78, 5) is 23.8. The van der Waals surface area contributed by atoms with Crippen LogP contribution in [0.3, 0.4) is 0 Å². The van der Waals surface area contributed by atoms with Gasteiger partial charge in [-0.05, 0) is 44.2 Å². The first-order chi connectivity index (χ1) is 13.4. The SMILES string of the molecule is CC(=O)Nc1cccc(-n2c(C)nnc2S[C@H](C)C(=O)Nc2ccccc2)c1. The Kier molecular flexibility index (Phi) is 6.10. The molecule has 7 nitrogen and oxygen atoms in total. The number of thioether (sulfide) groups is 1. The van der Waals surface area contributed by atoms with Gasteiger partial charge in [0.15, 0.2) is 5.16 Å². The van der Waals surface area contributed by atoms with E-state index in [2.05, 4.69) is 20.8 Å². The smallest absolute Gasteiger partial charge is 0.237 e. The molecular formula is C20H21N5O2S. The van der Waals surface area contributed by atoms with E-state index in [0.29, 0.717) is 16.7 Å². The molecule has 0 unspecified atom stereocenters. The van der Waals surface area contributed by atoms with E-state index in [1.807, 2.05) is 73.0 Å². The maximum atomic E-state index is 12.5. The Labute approximate surface area is 167 Å². The van der Waals surface area contributed by atoms with E-state index >= 15 is 0 Å². The monoisotopic (exact) mass is 395 g/mol. The zero-order valence-electron chi connectivity index (χ0n) is 15.8. The van der Waals surface area contributed by atoms with Crippen LogP contribution in [-0.2, 0) is 9.59 Å². The molecule has 0 saturated carbocycles. The topological polar surface area (TPSA) is 88.9 Å². The second kappa shape index (κ2) is 8.71. The van der Waals surface area contributed by atoms with Crippen molar-refractivity contribution < 1.29 is 9.59 Å². The molecule has 8 heteroatoms. The van der Waals surface area contributed by atoms with E-state index in [1.54, 1.807) is 0 Å². The number of nitrogens with one attached hydrogen (secondary N) is 2. The van der Waals surface area contributed by atoms with Crippen molar-refractivity contribution in [2.45, 2.75) is 31.2 Å². The summed E-state index contributed by atoms with van der Waals surface area (Å²) in [5.74, 6) is 0.437. The molecule has 0 aliphatic carbocycles. The fraction of sp³-hybridized carbons (Fsp3) is 0.200. The van der Waals surface area contributed by atoms with Gasteiger partial charge in [-0.15, -0.1) is 10.2 Å². The van der Waals surface area contributed by atoms with Gasteiger partial charge in [-0.3, -0.25) is 14.2 Å². The van der Waals surface area contributed by atoms with Gasteiger partial charge < -0.3 is 10.6 Å². The maximum absolute atomic E-state index is 12.5. The highest BCUT2D eigenvalue weighted by Crippen LogP contribution is 2.27. The minimum Gasteiger partial charge on any atom is -0.326 e. The number of anilines is 2. The van der Waals surface area contributed by atoms with Gasteiger partial charge in [0.2, 0.25) is 11.8 Å². The van der Waals surface area contributed by atoms with Crippen molar-refractivity contribution in [1.82, 2.24) is 14.8 Å². The van der Waals surface area contributed by atoms with Crippen molar-refractivity contribution in [3.8, 4) is 5.69 Å². The Morgan fingerprint density at radius 2 is 1.71 bits per heavy atom. The summed E-state index contributed by atoms with van der Waals surface area (Å²) in [6, 6.07) is 16.7. The third-order valence-electron chi connectivity index (χ3n) is 3.91. The lowest BCUT2D eigenvalue weighted by atomic mass is 10.2. The molecule has 2 aromatic carbocycles. The summed E-state index contributed by atoms with van der Waals surface area (Å²) < 4.78 is 1.86. The number of hydrogen-bond acceptors (Lipinski definition) is 5. The second-order valence-corrected chi connectivity index (χ2v) is 7.52. The predicted octanol–water partition coefficient (Wildman–Crippen LogP) is 3.65. The molecule has 0 saturated heterocycles. The fourth-order valence-corrected chi connectivity index (χ4v) is 3.53. The molecule has 0 aliphatic heterocycles. The molecule has 3 rings (SSSR count). The van der Waals surface area contributed by atoms with Crippen molar-refractivity contribution in [3.63, 3.8) is 0 Å². The molecule has 28 heavy (non-hydrogen) atoms. The molecule has 1 aromatic heterocycles. The van der Waals surface area contributed by atoms with Gasteiger partial charge in [0, 0.05) is 18.3 Å². The molecule has 2 amide bonds. The Balaban J connectivity index is 1.79. The Bertz CT molecular complexity index is 987. The summed E-state index contributed by atoms with van der Waals surface area (Å²) in [6.07, 6.45) is 0. The molecule has 0 spiro atoms. The summed E-state index contributed by atoms with van der Waals surface area (Å²) in [7, 11) is 0.